The van der Waals surface area contributed by atoms with E-state index in [0.29, 0.717) is 24.3 Å². The number of carbonyl (C=O) groups is 3. The topological polar surface area (TPSA) is 120 Å². The van der Waals surface area contributed by atoms with E-state index in [1.54, 1.807) is 26.2 Å². The van der Waals surface area contributed by atoms with Crippen molar-refractivity contribution in [3.05, 3.63) is 70.4 Å². The van der Waals surface area contributed by atoms with Crippen LogP contribution in [0.2, 0.25) is 0 Å². The Morgan fingerprint density at radius 1 is 1.12 bits per heavy atom. The van der Waals surface area contributed by atoms with Crippen LogP contribution in [0.5, 0.6) is 0 Å². The zero-order valence-corrected chi connectivity index (χ0v) is 25.3. The zero-order chi connectivity index (χ0) is 31.2. The molecule has 226 valence electrons. The Labute approximate surface area is 244 Å². The van der Waals surface area contributed by atoms with E-state index in [0.717, 1.165) is 5.52 Å². The highest BCUT2D eigenvalue weighted by atomic mass is 19.1. The molecular weight excluding hydrogens is 543 g/mol. The number of Topliss-reactive ketones (excluding diaryl/α,β-unsaturated/α-hetero) is 1. The summed E-state index contributed by atoms with van der Waals surface area (Å²) in [5.41, 5.74) is 0.806. The zero-order valence-electron chi connectivity index (χ0n) is 25.3. The van der Waals surface area contributed by atoms with E-state index < -0.39 is 29.4 Å². The fraction of sp³-hybridized carbons (Fsp3) is 0.467. The number of ketones is 1. The number of likely N-dealkylation sites (N-methyl/N-ethyl adjacent to an activating group) is 1. The second kappa shape index (κ2) is 13.5. The van der Waals surface area contributed by atoms with E-state index in [4.69, 9.17) is 4.74 Å². The second-order valence-corrected chi connectivity index (χ2v) is 11.8. The van der Waals surface area contributed by atoms with Gasteiger partial charge in [-0.3, -0.25) is 19.0 Å². The average molecular weight is 583 g/mol. The third-order valence-electron chi connectivity index (χ3n) is 6.33. The van der Waals surface area contributed by atoms with Gasteiger partial charge in [-0.1, -0.05) is 26.8 Å². The van der Waals surface area contributed by atoms with Gasteiger partial charge in [0.15, 0.2) is 11.9 Å². The Morgan fingerprint density at radius 3 is 2.48 bits per heavy atom. The Balaban J connectivity index is 1.85. The highest BCUT2D eigenvalue weighted by Crippen LogP contribution is 2.24. The molecule has 3 aromatic rings. The number of rotatable bonds is 11. The highest BCUT2D eigenvalue weighted by molar-refractivity contribution is 5.88. The van der Waals surface area contributed by atoms with Crippen molar-refractivity contribution < 1.29 is 23.5 Å². The van der Waals surface area contributed by atoms with Crippen molar-refractivity contribution in [3.63, 3.8) is 0 Å². The molecule has 2 amide bonds. The number of ether oxygens (including phenoxy) is 1. The number of hydrogen-bond acceptors (Lipinski definition) is 7. The Bertz CT molecular complexity index is 1530. The lowest BCUT2D eigenvalue weighted by atomic mass is 9.96. The lowest BCUT2D eigenvalue weighted by molar-refractivity contribution is -0.127. The third kappa shape index (κ3) is 8.58. The molecule has 11 nitrogen and oxygen atoms in total. The molecule has 0 spiro atoms. The van der Waals surface area contributed by atoms with Gasteiger partial charge in [-0.05, 0) is 36.5 Å². The first-order valence-electron chi connectivity index (χ1n) is 13.6. The van der Waals surface area contributed by atoms with E-state index in [1.165, 1.54) is 59.2 Å². The number of allylic oxidation sites excluding steroid dienone is 1. The van der Waals surface area contributed by atoms with E-state index >= 15 is 0 Å². The van der Waals surface area contributed by atoms with Crippen LogP contribution in [-0.2, 0) is 33.8 Å². The smallest absolute Gasteiger partial charge is 0.409 e. The van der Waals surface area contributed by atoms with Crippen LogP contribution < -0.4 is 5.56 Å². The van der Waals surface area contributed by atoms with Crippen LogP contribution in [0.4, 0.5) is 9.18 Å². The number of fused-ring (bicyclic) bond motifs is 1. The van der Waals surface area contributed by atoms with E-state index in [2.05, 4.69) is 30.7 Å². The standard InChI is InChI=1S/C30H39FN6O5/c1-30(2,3)18-37-23-13-12-21(31)15-22(23)33-26(37)17-36-19-32-16-20(28(36)40)14-24(38)25(42-29(41)35(6)7)10-8-9-11-27(39)34(4)5/h9,11-13,15-16,19,25H,8,10,14,17-18H2,1-7H3/b11-9+/t25-/m0/s1. The maximum atomic E-state index is 13.9. The number of aromatic nitrogens is 4. The number of nitrogens with zero attached hydrogens (tertiary/aromatic N) is 6. The molecule has 0 radical (unpaired) electrons. The van der Waals surface area contributed by atoms with Crippen LogP contribution in [0.3, 0.4) is 0 Å². The quantitative estimate of drug-likeness (QED) is 0.318. The molecule has 0 aliphatic heterocycles. The van der Waals surface area contributed by atoms with Crippen molar-refractivity contribution in [2.45, 2.75) is 59.2 Å². The van der Waals surface area contributed by atoms with E-state index in [-0.39, 0.29) is 36.3 Å². The summed E-state index contributed by atoms with van der Waals surface area (Å²) in [6.45, 7) is 6.85. The van der Waals surface area contributed by atoms with Gasteiger partial charge >= 0.3 is 6.09 Å². The molecule has 42 heavy (non-hydrogen) atoms. The molecule has 12 heteroatoms. The highest BCUT2D eigenvalue weighted by Gasteiger charge is 2.25. The minimum Gasteiger partial charge on any atom is -0.438 e. The van der Waals surface area contributed by atoms with Crippen LogP contribution in [0.15, 0.2) is 47.7 Å². The van der Waals surface area contributed by atoms with Gasteiger partial charge in [-0.25, -0.2) is 19.2 Å². The van der Waals surface area contributed by atoms with Crippen molar-refractivity contribution in [2.24, 2.45) is 5.41 Å². The van der Waals surface area contributed by atoms with Crippen molar-refractivity contribution in [3.8, 4) is 0 Å². The predicted octanol–water partition coefficient (Wildman–Crippen LogP) is 3.43. The molecule has 0 N–H and O–H groups in total. The minimum atomic E-state index is -1.13. The summed E-state index contributed by atoms with van der Waals surface area (Å²) in [6.07, 6.45) is 4.00. The molecule has 0 saturated carbocycles. The molecule has 0 aliphatic rings. The summed E-state index contributed by atoms with van der Waals surface area (Å²) in [4.78, 5) is 62.1. The predicted molar refractivity (Wildman–Crippen MR) is 156 cm³/mol. The summed E-state index contributed by atoms with van der Waals surface area (Å²) in [7, 11) is 6.25. The Kier molecular flexibility index (Phi) is 10.4. The summed E-state index contributed by atoms with van der Waals surface area (Å²) < 4.78 is 22.7. The van der Waals surface area contributed by atoms with E-state index in [1.807, 2.05) is 4.57 Å². The number of amides is 2. The van der Waals surface area contributed by atoms with Crippen LogP contribution in [-0.4, -0.2) is 81.0 Å². The van der Waals surface area contributed by atoms with Gasteiger partial charge in [-0.15, -0.1) is 0 Å². The number of halogens is 1. The summed E-state index contributed by atoms with van der Waals surface area (Å²) in [6, 6.07) is 4.40. The van der Waals surface area contributed by atoms with Gasteiger partial charge in [0.1, 0.15) is 11.6 Å². The molecule has 1 aromatic carbocycles. The fourth-order valence-electron chi connectivity index (χ4n) is 4.20. The molecule has 1 atom stereocenters. The Hall–Kier alpha value is -4.35. The van der Waals surface area contributed by atoms with Crippen molar-refractivity contribution >= 4 is 28.8 Å². The first kappa shape index (κ1) is 32.2. The van der Waals surface area contributed by atoms with Crippen LogP contribution in [0.1, 0.15) is 45.0 Å². The molecule has 0 fully saturated rings. The molecular formula is C30H39FN6O5. The molecule has 3 rings (SSSR count). The molecule has 2 aromatic heterocycles. The van der Waals surface area contributed by atoms with Crippen molar-refractivity contribution in [1.29, 1.82) is 0 Å². The maximum Gasteiger partial charge on any atom is 0.409 e. The summed E-state index contributed by atoms with van der Waals surface area (Å²) in [5.74, 6) is -0.530. The van der Waals surface area contributed by atoms with Crippen LogP contribution in [0, 0.1) is 11.2 Å². The first-order chi connectivity index (χ1) is 19.7. The van der Waals surface area contributed by atoms with Gasteiger partial charge in [0.25, 0.3) is 5.56 Å². The van der Waals surface area contributed by atoms with E-state index in [9.17, 15) is 23.6 Å². The summed E-state index contributed by atoms with van der Waals surface area (Å²) >= 11 is 0. The number of hydrogen-bond donors (Lipinski definition) is 0. The minimum absolute atomic E-state index is 0.0595. The van der Waals surface area contributed by atoms with Crippen LogP contribution >= 0.6 is 0 Å². The second-order valence-electron chi connectivity index (χ2n) is 11.8. The van der Waals surface area contributed by atoms with Gasteiger partial charge in [0.2, 0.25) is 5.91 Å². The monoisotopic (exact) mass is 582 g/mol. The van der Waals surface area contributed by atoms with Gasteiger partial charge < -0.3 is 19.1 Å². The third-order valence-corrected chi connectivity index (χ3v) is 6.33. The molecule has 0 aliphatic carbocycles. The average Bonchev–Trinajstić information content (AvgIpc) is 3.21. The van der Waals surface area contributed by atoms with Gasteiger partial charge in [-0.2, -0.15) is 0 Å². The normalized spacial score (nSPS) is 12.5. The fourth-order valence-corrected chi connectivity index (χ4v) is 4.20. The number of carbonyl (C=O) groups excluding carboxylic acids is 3. The van der Waals surface area contributed by atoms with Crippen molar-refractivity contribution in [2.75, 3.05) is 28.2 Å². The lowest BCUT2D eigenvalue weighted by Crippen LogP contribution is -2.35. The largest absolute Gasteiger partial charge is 0.438 e. The lowest BCUT2D eigenvalue weighted by Gasteiger charge is -2.21. The number of imidazole rings is 1. The number of benzene rings is 1. The summed E-state index contributed by atoms with van der Waals surface area (Å²) in [5, 5.41) is 0. The van der Waals surface area contributed by atoms with Gasteiger partial charge in [0.05, 0.1) is 23.9 Å². The molecule has 2 heterocycles. The Morgan fingerprint density at radius 2 is 1.83 bits per heavy atom. The maximum absolute atomic E-state index is 13.9. The van der Waals surface area contributed by atoms with Gasteiger partial charge in [0, 0.05) is 59.0 Å². The molecule has 0 unspecified atom stereocenters. The molecule has 0 saturated heterocycles. The SMILES string of the molecule is CN(C)C(=O)/C=C/CC[C@H](OC(=O)N(C)C)C(=O)Cc1cncn(Cc2nc3cc(F)ccc3n2CC(C)(C)C)c1=O. The van der Waals surface area contributed by atoms with Crippen molar-refractivity contribution in [1.82, 2.24) is 28.9 Å². The van der Waals surface area contributed by atoms with Crippen LogP contribution in [0.25, 0.3) is 11.0 Å². The first-order valence-corrected chi connectivity index (χ1v) is 13.6. The molecule has 0 bridgehead atoms.